The molecule has 0 unspecified atom stereocenters. The summed E-state index contributed by atoms with van der Waals surface area (Å²) < 4.78 is 0. The molecule has 1 aromatic heterocycles. The van der Waals surface area contributed by atoms with Gasteiger partial charge in [-0.1, -0.05) is 17.2 Å². The molecule has 0 aromatic carbocycles. The average molecular weight is 274 g/mol. The summed E-state index contributed by atoms with van der Waals surface area (Å²) >= 11 is 4.16. The Kier molecular flexibility index (Phi) is 6.96. The molecule has 3 heteroatoms. The van der Waals surface area contributed by atoms with Gasteiger partial charge in [0, 0.05) is 6.20 Å². The fourth-order valence-electron chi connectivity index (χ4n) is 0.347. The molecule has 1 rings (SSSR count). The summed E-state index contributed by atoms with van der Waals surface area (Å²) in [6, 6.07) is 5.50. The predicted molar refractivity (Wildman–Crippen MR) is 53.2 cm³/mol. The molecule has 0 amide bonds. The molecule has 0 aliphatic heterocycles. The molecular formula is C8H13NSSn. The Bertz CT molecular complexity index is 174. The Morgan fingerprint density at radius 2 is 1.82 bits per heavy atom. The Balaban J connectivity index is 0.000000218. The quantitative estimate of drug-likeness (QED) is 0.532. The smallest absolute Gasteiger partial charge is 0.0249 e. The molecule has 1 nitrogen and oxygen atoms in total. The number of nitrogens with zero attached hydrogens (tertiary/aromatic N) is 1. The molecule has 0 saturated carbocycles. The number of aromatic nitrogens is 1. The maximum atomic E-state index is 4.70. The van der Waals surface area contributed by atoms with E-state index in [1.165, 1.54) is 0 Å². The Labute approximate surface area is 81.4 Å². The van der Waals surface area contributed by atoms with Crippen molar-refractivity contribution in [2.24, 2.45) is 0 Å². The van der Waals surface area contributed by atoms with E-state index in [9.17, 15) is 0 Å². The summed E-state index contributed by atoms with van der Waals surface area (Å²) in [6.07, 6.45) is 1.68. The molecule has 11 heavy (non-hydrogen) atoms. The zero-order valence-corrected chi connectivity index (χ0v) is 10.8. The van der Waals surface area contributed by atoms with Crippen molar-refractivity contribution in [3.63, 3.8) is 0 Å². The van der Waals surface area contributed by atoms with E-state index in [1.54, 1.807) is 12.3 Å². The first-order chi connectivity index (χ1) is 5.13. The van der Waals surface area contributed by atoms with Crippen LogP contribution in [0.5, 0.6) is 0 Å². The van der Waals surface area contributed by atoms with Crippen LogP contribution in [-0.2, 0) is 12.6 Å². The largest absolute Gasteiger partial charge is 0.760 e. The maximum Gasteiger partial charge on any atom is 0.0249 e. The monoisotopic (exact) mass is 275 g/mol. The molecule has 0 aliphatic carbocycles. The van der Waals surface area contributed by atoms with Gasteiger partial charge < -0.3 is 12.6 Å². The van der Waals surface area contributed by atoms with Crippen molar-refractivity contribution in [3.8, 4) is 0 Å². The van der Waals surface area contributed by atoms with E-state index >= 15 is 0 Å². The standard InChI is InChI=1S/C5H5NS.3CH3.Sn/c7-5-3-1-2-4-6-5;;;;/h1-4H,(H,6,7);3*1H3;/q;;;;+1/p-1. The van der Waals surface area contributed by atoms with E-state index in [4.69, 9.17) is 12.6 Å². The summed E-state index contributed by atoms with van der Waals surface area (Å²) in [5, 5.41) is 0.655. The molecule has 0 aliphatic rings. The van der Waals surface area contributed by atoms with E-state index < -0.39 is 19.8 Å². The van der Waals surface area contributed by atoms with Crippen LogP contribution in [0.4, 0.5) is 0 Å². The van der Waals surface area contributed by atoms with Crippen molar-refractivity contribution >= 4 is 32.4 Å². The molecule has 0 N–H and O–H groups in total. The van der Waals surface area contributed by atoms with Crippen LogP contribution in [0.15, 0.2) is 29.4 Å². The van der Waals surface area contributed by atoms with Gasteiger partial charge in [-0.15, -0.1) is 0 Å². The van der Waals surface area contributed by atoms with Crippen LogP contribution in [0, 0.1) is 0 Å². The van der Waals surface area contributed by atoms with Gasteiger partial charge in [-0.25, -0.2) is 0 Å². The Morgan fingerprint density at radius 1 is 1.27 bits per heavy atom. The predicted octanol–water partition coefficient (Wildman–Crippen LogP) is 2.36. The first-order valence-corrected chi connectivity index (χ1v) is 12.4. The average Bonchev–Trinajstić information content (AvgIpc) is 1.87. The fraction of sp³-hybridized carbons (Fsp3) is 0.375. The molecule has 60 valence electrons. The van der Waals surface area contributed by atoms with E-state index in [0.29, 0.717) is 5.03 Å². The molecular weight excluding hydrogens is 261 g/mol. The van der Waals surface area contributed by atoms with Crippen molar-refractivity contribution in [1.82, 2.24) is 4.98 Å². The van der Waals surface area contributed by atoms with Crippen LogP contribution < -0.4 is 0 Å². The van der Waals surface area contributed by atoms with Crippen molar-refractivity contribution in [1.29, 1.82) is 0 Å². The minimum Gasteiger partial charge on any atom is -0.760 e. The van der Waals surface area contributed by atoms with Crippen LogP contribution in [0.3, 0.4) is 0 Å². The molecule has 1 heterocycles. The first-order valence-electron chi connectivity index (χ1n) is 3.47. The second-order valence-corrected chi connectivity index (χ2v) is 11.6. The summed E-state index contributed by atoms with van der Waals surface area (Å²) in [5.41, 5.74) is 0. The van der Waals surface area contributed by atoms with Crippen molar-refractivity contribution in [3.05, 3.63) is 24.4 Å². The Hall–Kier alpha value is 0.169. The van der Waals surface area contributed by atoms with Gasteiger partial charge in [-0.2, -0.15) is 0 Å². The van der Waals surface area contributed by atoms with Crippen molar-refractivity contribution in [2.45, 2.75) is 19.8 Å². The third kappa shape index (κ3) is 10.2. The van der Waals surface area contributed by atoms with Gasteiger partial charge in [0.15, 0.2) is 0 Å². The maximum absolute atomic E-state index is 4.70. The number of pyridine rings is 1. The van der Waals surface area contributed by atoms with Gasteiger partial charge in [0.1, 0.15) is 0 Å². The second-order valence-electron chi connectivity index (χ2n) is 2.67. The zero-order valence-electron chi connectivity index (χ0n) is 7.16. The number of hydrogen-bond donors (Lipinski definition) is 0. The third-order valence-corrected chi connectivity index (χ3v) is 0.879. The van der Waals surface area contributed by atoms with E-state index in [2.05, 4.69) is 19.8 Å². The summed E-state index contributed by atoms with van der Waals surface area (Å²) in [5.74, 6) is 0. The Morgan fingerprint density at radius 3 is 2.00 bits per heavy atom. The van der Waals surface area contributed by atoms with Crippen LogP contribution in [0.25, 0.3) is 0 Å². The van der Waals surface area contributed by atoms with Crippen molar-refractivity contribution < 1.29 is 0 Å². The molecule has 0 radical (unpaired) electrons. The molecule has 1 aromatic rings. The second kappa shape index (κ2) is 6.85. The summed E-state index contributed by atoms with van der Waals surface area (Å²) in [4.78, 5) is 10.9. The fourth-order valence-corrected chi connectivity index (χ4v) is 0.487. The van der Waals surface area contributed by atoms with Gasteiger partial charge in [-0.05, 0) is 6.07 Å². The van der Waals surface area contributed by atoms with Crippen LogP contribution in [0.1, 0.15) is 0 Å². The van der Waals surface area contributed by atoms with Crippen LogP contribution in [0.2, 0.25) is 14.8 Å². The van der Waals surface area contributed by atoms with Gasteiger partial charge in [0.05, 0.1) is 0 Å². The van der Waals surface area contributed by atoms with E-state index in [1.807, 2.05) is 12.1 Å². The molecule has 0 bridgehead atoms. The zero-order chi connectivity index (χ0) is 8.69. The third-order valence-electron chi connectivity index (χ3n) is 0.638. The van der Waals surface area contributed by atoms with E-state index in [-0.39, 0.29) is 0 Å². The molecule has 0 fully saturated rings. The number of hydrogen-bond acceptors (Lipinski definition) is 2. The van der Waals surface area contributed by atoms with Crippen LogP contribution in [-0.4, -0.2) is 24.7 Å². The van der Waals surface area contributed by atoms with Crippen molar-refractivity contribution in [2.75, 3.05) is 0 Å². The van der Waals surface area contributed by atoms with E-state index in [0.717, 1.165) is 0 Å². The van der Waals surface area contributed by atoms with Gasteiger partial charge in [0.2, 0.25) is 0 Å². The minimum atomic E-state index is -0.543. The summed E-state index contributed by atoms with van der Waals surface area (Å²) in [6.45, 7) is 0. The van der Waals surface area contributed by atoms with Gasteiger partial charge in [0.25, 0.3) is 0 Å². The summed E-state index contributed by atoms with van der Waals surface area (Å²) in [7, 11) is 0. The van der Waals surface area contributed by atoms with Gasteiger partial charge >= 0.3 is 34.6 Å². The number of rotatable bonds is 0. The minimum absolute atomic E-state index is 0.543. The molecule has 0 spiro atoms. The normalized spacial score (nSPS) is 7.91. The molecule has 0 atom stereocenters. The SMILES string of the molecule is [CH3][Sn+]([CH3])[CH3].[S-]c1ccccn1. The topological polar surface area (TPSA) is 12.9 Å². The first kappa shape index (κ1) is 11.2. The van der Waals surface area contributed by atoms with Crippen LogP contribution >= 0.6 is 0 Å². The van der Waals surface area contributed by atoms with Gasteiger partial charge in [-0.3, -0.25) is 4.98 Å². The molecule has 0 saturated heterocycles.